The molecule has 0 saturated heterocycles. The fourth-order valence-corrected chi connectivity index (χ4v) is 2.93. The van der Waals surface area contributed by atoms with Crippen LogP contribution in [0, 0.1) is 10.1 Å². The Bertz CT molecular complexity index is 1090. The van der Waals surface area contributed by atoms with Gasteiger partial charge in [-0.3, -0.25) is 19.7 Å². The fourth-order valence-electron chi connectivity index (χ4n) is 2.93. The number of ether oxygens (including phenoxy) is 1. The lowest BCUT2D eigenvalue weighted by atomic mass is 10.1. The van der Waals surface area contributed by atoms with Gasteiger partial charge in [-0.05, 0) is 11.6 Å². The van der Waals surface area contributed by atoms with Gasteiger partial charge in [0.05, 0.1) is 42.1 Å². The van der Waals surface area contributed by atoms with Crippen LogP contribution >= 0.6 is 0 Å². The summed E-state index contributed by atoms with van der Waals surface area (Å²) in [6.07, 6.45) is 0.0826. The Morgan fingerprint density at radius 3 is 2.52 bits per heavy atom. The molecule has 9 heteroatoms. The van der Waals surface area contributed by atoms with Crippen molar-refractivity contribution < 1.29 is 14.5 Å². The lowest BCUT2D eigenvalue weighted by molar-refractivity contribution is -0.384. The van der Waals surface area contributed by atoms with E-state index in [1.807, 2.05) is 6.07 Å². The highest BCUT2D eigenvalue weighted by Crippen LogP contribution is 2.14. The Labute approximate surface area is 166 Å². The molecule has 0 spiro atoms. The molecular formula is C20H20N4O5. The number of fused-ring (bicyclic) bond motifs is 1. The molecule has 0 atom stereocenters. The van der Waals surface area contributed by atoms with Crippen LogP contribution in [0.4, 0.5) is 5.69 Å². The first-order valence-electron chi connectivity index (χ1n) is 8.97. The van der Waals surface area contributed by atoms with E-state index >= 15 is 0 Å². The molecule has 0 bridgehead atoms. The summed E-state index contributed by atoms with van der Waals surface area (Å²) in [4.78, 5) is 35.1. The summed E-state index contributed by atoms with van der Waals surface area (Å²) in [6, 6.07) is 12.9. The van der Waals surface area contributed by atoms with Crippen LogP contribution < -0.4 is 10.9 Å². The molecule has 0 aliphatic heterocycles. The van der Waals surface area contributed by atoms with Gasteiger partial charge in [0.25, 0.3) is 11.2 Å². The van der Waals surface area contributed by atoms with Gasteiger partial charge in [-0.25, -0.2) is 4.68 Å². The fraction of sp³-hybridized carbons (Fsp3) is 0.250. The zero-order valence-corrected chi connectivity index (χ0v) is 15.8. The standard InChI is InChI=1S/C20H20N4O5/c1-29-11-10-23-20(26)17-5-3-2-4-16(17)18(22-23)13-21-19(25)12-14-6-8-15(9-7-14)24(27)28/h2-9H,10-13H2,1H3,(H,21,25). The number of nitrogens with zero attached hydrogens (tertiary/aromatic N) is 3. The van der Waals surface area contributed by atoms with Gasteiger partial charge in [-0.1, -0.05) is 30.3 Å². The van der Waals surface area contributed by atoms with Gasteiger partial charge in [0, 0.05) is 24.6 Å². The van der Waals surface area contributed by atoms with Crippen LogP contribution in [0.5, 0.6) is 0 Å². The van der Waals surface area contributed by atoms with Crippen LogP contribution in [0.15, 0.2) is 53.3 Å². The van der Waals surface area contributed by atoms with Crippen molar-refractivity contribution in [2.75, 3.05) is 13.7 Å². The van der Waals surface area contributed by atoms with E-state index in [1.54, 1.807) is 37.4 Å². The molecule has 150 valence electrons. The summed E-state index contributed by atoms with van der Waals surface area (Å²) in [5.74, 6) is -0.251. The summed E-state index contributed by atoms with van der Waals surface area (Å²) in [5, 5.41) is 19.1. The minimum Gasteiger partial charge on any atom is -0.383 e. The number of hydrogen-bond donors (Lipinski definition) is 1. The number of rotatable bonds is 8. The number of hydrogen-bond acceptors (Lipinski definition) is 6. The third-order valence-electron chi connectivity index (χ3n) is 4.42. The van der Waals surface area contributed by atoms with E-state index in [0.29, 0.717) is 35.2 Å². The van der Waals surface area contributed by atoms with Crippen molar-refractivity contribution in [3.05, 3.63) is 80.3 Å². The summed E-state index contributed by atoms with van der Waals surface area (Å²) < 4.78 is 6.37. The van der Waals surface area contributed by atoms with Crippen molar-refractivity contribution in [1.82, 2.24) is 15.1 Å². The predicted octanol–water partition coefficient (Wildman–Crippen LogP) is 1.81. The SMILES string of the molecule is COCCn1nc(CNC(=O)Cc2ccc([N+](=O)[O-])cc2)c2ccccc2c1=O. The van der Waals surface area contributed by atoms with Crippen LogP contribution in [0.3, 0.4) is 0 Å². The molecule has 29 heavy (non-hydrogen) atoms. The van der Waals surface area contributed by atoms with E-state index in [0.717, 1.165) is 0 Å². The van der Waals surface area contributed by atoms with Crippen molar-refractivity contribution in [2.45, 2.75) is 19.5 Å². The Hall–Kier alpha value is -3.59. The van der Waals surface area contributed by atoms with Crippen molar-refractivity contribution in [1.29, 1.82) is 0 Å². The van der Waals surface area contributed by atoms with E-state index in [4.69, 9.17) is 4.74 Å². The molecule has 9 nitrogen and oxygen atoms in total. The number of methoxy groups -OCH3 is 1. The first-order chi connectivity index (χ1) is 14.0. The van der Waals surface area contributed by atoms with Gasteiger partial charge in [-0.2, -0.15) is 5.10 Å². The number of carbonyl (C=O) groups excluding carboxylic acids is 1. The van der Waals surface area contributed by atoms with E-state index in [9.17, 15) is 19.7 Å². The Kier molecular flexibility index (Phi) is 6.30. The number of benzene rings is 2. The van der Waals surface area contributed by atoms with Crippen molar-refractivity contribution in [3.8, 4) is 0 Å². The molecule has 2 aromatic carbocycles. The normalized spacial score (nSPS) is 10.8. The molecule has 1 N–H and O–H groups in total. The third-order valence-corrected chi connectivity index (χ3v) is 4.42. The van der Waals surface area contributed by atoms with Crippen molar-refractivity contribution in [2.24, 2.45) is 0 Å². The number of nitrogens with one attached hydrogen (secondary N) is 1. The quantitative estimate of drug-likeness (QED) is 0.458. The van der Waals surface area contributed by atoms with Gasteiger partial charge in [0.1, 0.15) is 0 Å². The highest BCUT2D eigenvalue weighted by atomic mass is 16.6. The molecule has 3 rings (SSSR count). The second kappa shape index (κ2) is 9.07. The van der Waals surface area contributed by atoms with E-state index in [2.05, 4.69) is 10.4 Å². The Morgan fingerprint density at radius 2 is 1.86 bits per heavy atom. The van der Waals surface area contributed by atoms with Gasteiger partial charge in [0.2, 0.25) is 5.91 Å². The smallest absolute Gasteiger partial charge is 0.274 e. The average Bonchev–Trinajstić information content (AvgIpc) is 2.73. The number of amides is 1. The van der Waals surface area contributed by atoms with Crippen molar-refractivity contribution in [3.63, 3.8) is 0 Å². The minimum absolute atomic E-state index is 0.0249. The molecule has 0 saturated carbocycles. The molecule has 1 amide bonds. The van der Waals surface area contributed by atoms with Gasteiger partial charge in [-0.15, -0.1) is 0 Å². The molecule has 0 fully saturated rings. The highest BCUT2D eigenvalue weighted by molar-refractivity contribution is 5.84. The molecule has 0 aliphatic carbocycles. The topological polar surface area (TPSA) is 116 Å². The van der Waals surface area contributed by atoms with E-state index < -0.39 is 4.92 Å². The average molecular weight is 396 g/mol. The second-order valence-electron chi connectivity index (χ2n) is 6.39. The predicted molar refractivity (Wildman–Crippen MR) is 107 cm³/mol. The maximum atomic E-state index is 12.6. The number of non-ortho nitro benzene ring substituents is 1. The monoisotopic (exact) mass is 396 g/mol. The molecular weight excluding hydrogens is 376 g/mol. The van der Waals surface area contributed by atoms with Crippen LogP contribution in [-0.4, -0.2) is 34.3 Å². The summed E-state index contributed by atoms with van der Waals surface area (Å²) in [6.45, 7) is 0.806. The summed E-state index contributed by atoms with van der Waals surface area (Å²) in [5.41, 5.74) is 1.01. The van der Waals surface area contributed by atoms with Crippen LogP contribution in [-0.2, 0) is 29.0 Å². The molecule has 3 aromatic rings. The number of nitro benzene ring substituents is 1. The minimum atomic E-state index is -0.487. The molecule has 0 aliphatic rings. The van der Waals surface area contributed by atoms with Crippen molar-refractivity contribution >= 4 is 22.4 Å². The zero-order valence-electron chi connectivity index (χ0n) is 15.8. The van der Waals surface area contributed by atoms with Crippen LogP contribution in [0.1, 0.15) is 11.3 Å². The van der Waals surface area contributed by atoms with Crippen LogP contribution in [0.2, 0.25) is 0 Å². The lowest BCUT2D eigenvalue weighted by Crippen LogP contribution is -2.30. The first kappa shape index (κ1) is 20.2. The number of carbonyl (C=O) groups is 1. The molecule has 0 radical (unpaired) electrons. The number of aromatic nitrogens is 2. The summed E-state index contributed by atoms with van der Waals surface area (Å²) in [7, 11) is 1.55. The van der Waals surface area contributed by atoms with Gasteiger partial charge >= 0.3 is 0 Å². The maximum Gasteiger partial charge on any atom is 0.274 e. The Balaban J connectivity index is 1.75. The largest absolute Gasteiger partial charge is 0.383 e. The molecule has 1 heterocycles. The number of nitro groups is 1. The second-order valence-corrected chi connectivity index (χ2v) is 6.39. The summed E-state index contributed by atoms with van der Waals surface area (Å²) >= 11 is 0. The molecule has 0 unspecified atom stereocenters. The van der Waals surface area contributed by atoms with Gasteiger partial charge in [0.15, 0.2) is 0 Å². The van der Waals surface area contributed by atoms with E-state index in [1.165, 1.54) is 16.8 Å². The Morgan fingerprint density at radius 1 is 1.17 bits per heavy atom. The first-order valence-corrected chi connectivity index (χ1v) is 8.97. The van der Waals surface area contributed by atoms with E-state index in [-0.39, 0.29) is 30.1 Å². The lowest BCUT2D eigenvalue weighted by Gasteiger charge is -2.11. The van der Waals surface area contributed by atoms with Gasteiger partial charge < -0.3 is 10.1 Å². The maximum absolute atomic E-state index is 12.6. The molecule has 1 aromatic heterocycles. The zero-order chi connectivity index (χ0) is 20.8. The van der Waals surface area contributed by atoms with Crippen LogP contribution in [0.25, 0.3) is 10.8 Å². The highest BCUT2D eigenvalue weighted by Gasteiger charge is 2.12. The third kappa shape index (κ3) is 4.82.